The lowest BCUT2D eigenvalue weighted by Gasteiger charge is -2.37. The van der Waals surface area contributed by atoms with E-state index in [0.717, 1.165) is 30.0 Å². The molecule has 1 heterocycles. The van der Waals surface area contributed by atoms with Gasteiger partial charge in [-0.05, 0) is 36.8 Å². The highest BCUT2D eigenvalue weighted by atomic mass is 35.5. The summed E-state index contributed by atoms with van der Waals surface area (Å²) in [4.78, 5) is 4.49. The molecule has 0 unspecified atom stereocenters. The molecule has 3 nitrogen and oxygen atoms in total. The van der Waals surface area contributed by atoms with Gasteiger partial charge in [-0.3, -0.25) is 0 Å². The summed E-state index contributed by atoms with van der Waals surface area (Å²) < 4.78 is 0. The number of anilines is 3. The van der Waals surface area contributed by atoms with E-state index in [9.17, 15) is 5.11 Å². The van der Waals surface area contributed by atoms with E-state index in [1.165, 1.54) is 5.69 Å². The van der Waals surface area contributed by atoms with E-state index in [0.29, 0.717) is 5.02 Å². The van der Waals surface area contributed by atoms with E-state index in [1.807, 2.05) is 24.3 Å². The second-order valence-corrected chi connectivity index (χ2v) is 5.86. The van der Waals surface area contributed by atoms with Gasteiger partial charge >= 0.3 is 0 Å². The van der Waals surface area contributed by atoms with Crippen LogP contribution in [0.5, 0.6) is 0 Å². The number of fused-ring (bicyclic) bond motifs is 1. The van der Waals surface area contributed by atoms with Gasteiger partial charge in [-0.2, -0.15) is 0 Å². The average molecular weight is 303 g/mol. The Kier molecular flexibility index (Phi) is 3.79. The molecular weight excluding hydrogens is 284 g/mol. The van der Waals surface area contributed by atoms with Crippen LogP contribution < -0.4 is 9.80 Å². The number of likely N-dealkylation sites (N-methyl/N-ethyl adjacent to an activating group) is 1. The van der Waals surface area contributed by atoms with Crippen LogP contribution in [0, 0.1) is 0 Å². The van der Waals surface area contributed by atoms with E-state index in [4.69, 9.17) is 11.6 Å². The van der Waals surface area contributed by atoms with Crippen molar-refractivity contribution in [3.05, 3.63) is 53.1 Å². The van der Waals surface area contributed by atoms with Gasteiger partial charge in [0.05, 0.1) is 28.2 Å². The van der Waals surface area contributed by atoms with Gasteiger partial charge in [0, 0.05) is 20.1 Å². The third-order valence-electron chi connectivity index (χ3n) is 3.99. The van der Waals surface area contributed by atoms with E-state index < -0.39 is 6.10 Å². The van der Waals surface area contributed by atoms with Gasteiger partial charge in [0.1, 0.15) is 0 Å². The Bertz CT molecular complexity index is 657. The van der Waals surface area contributed by atoms with E-state index in [2.05, 4.69) is 35.0 Å². The normalized spacial score (nSPS) is 15.8. The van der Waals surface area contributed by atoms with Crippen molar-refractivity contribution in [3.8, 4) is 0 Å². The number of rotatable bonds is 2. The zero-order valence-electron chi connectivity index (χ0n) is 12.3. The van der Waals surface area contributed by atoms with Crippen molar-refractivity contribution in [3.63, 3.8) is 0 Å². The summed E-state index contributed by atoms with van der Waals surface area (Å²) in [5.41, 5.74) is 4.20. The quantitative estimate of drug-likeness (QED) is 0.909. The highest BCUT2D eigenvalue weighted by Gasteiger charge is 2.22. The minimum atomic E-state index is -0.503. The van der Waals surface area contributed by atoms with E-state index >= 15 is 0 Å². The molecule has 0 amide bonds. The Labute approximate surface area is 130 Å². The minimum absolute atomic E-state index is 0.503. The maximum Gasteiger partial charge on any atom is 0.0762 e. The number of benzene rings is 2. The molecule has 0 radical (unpaired) electrons. The molecule has 0 saturated heterocycles. The number of para-hydroxylation sites is 2. The molecule has 0 spiro atoms. The van der Waals surface area contributed by atoms with Crippen LogP contribution in [-0.2, 0) is 0 Å². The molecule has 1 aliphatic rings. The number of halogens is 1. The Morgan fingerprint density at radius 1 is 1.05 bits per heavy atom. The summed E-state index contributed by atoms with van der Waals surface area (Å²) in [5, 5.41) is 10.3. The molecule has 0 saturated carbocycles. The lowest BCUT2D eigenvalue weighted by molar-refractivity contribution is 0.199. The topological polar surface area (TPSA) is 26.7 Å². The first-order valence-electron chi connectivity index (χ1n) is 7.13. The Hall–Kier alpha value is -1.71. The summed E-state index contributed by atoms with van der Waals surface area (Å²) in [5.74, 6) is 0. The predicted molar refractivity (Wildman–Crippen MR) is 88.8 cm³/mol. The Morgan fingerprint density at radius 3 is 2.43 bits per heavy atom. The van der Waals surface area contributed by atoms with Crippen LogP contribution in [0.25, 0.3) is 0 Å². The van der Waals surface area contributed by atoms with Gasteiger partial charge in [0.2, 0.25) is 0 Å². The van der Waals surface area contributed by atoms with Crippen molar-refractivity contribution in [2.75, 3.05) is 29.9 Å². The van der Waals surface area contributed by atoms with Gasteiger partial charge < -0.3 is 14.9 Å². The number of aliphatic hydroxyl groups excluding tert-OH is 1. The molecule has 2 aromatic rings. The molecule has 21 heavy (non-hydrogen) atoms. The van der Waals surface area contributed by atoms with Crippen molar-refractivity contribution < 1.29 is 5.11 Å². The van der Waals surface area contributed by atoms with Gasteiger partial charge in [-0.15, -0.1) is 0 Å². The first-order valence-corrected chi connectivity index (χ1v) is 7.51. The number of nitrogens with zero attached hydrogens (tertiary/aromatic N) is 2. The van der Waals surface area contributed by atoms with E-state index in [1.54, 1.807) is 6.92 Å². The van der Waals surface area contributed by atoms with Crippen molar-refractivity contribution >= 4 is 28.7 Å². The van der Waals surface area contributed by atoms with Gasteiger partial charge in [-0.25, -0.2) is 0 Å². The SMILES string of the molecule is C[C@@H](O)c1ccc(N2CCN(C)c3ccccc32)c(Cl)c1. The third-order valence-corrected chi connectivity index (χ3v) is 4.29. The van der Waals surface area contributed by atoms with Crippen molar-refractivity contribution in [2.45, 2.75) is 13.0 Å². The second-order valence-electron chi connectivity index (χ2n) is 5.45. The van der Waals surface area contributed by atoms with Gasteiger partial charge in [0.25, 0.3) is 0 Å². The zero-order chi connectivity index (χ0) is 15.0. The molecular formula is C17H19ClN2O. The lowest BCUT2D eigenvalue weighted by atomic mass is 10.1. The van der Waals surface area contributed by atoms with Crippen LogP contribution in [0.3, 0.4) is 0 Å². The predicted octanol–water partition coefficient (Wildman–Crippen LogP) is 3.98. The summed E-state index contributed by atoms with van der Waals surface area (Å²) in [6, 6.07) is 14.1. The van der Waals surface area contributed by atoms with Crippen molar-refractivity contribution in [1.82, 2.24) is 0 Å². The molecule has 0 aliphatic carbocycles. The zero-order valence-corrected chi connectivity index (χ0v) is 13.0. The van der Waals surface area contributed by atoms with Crippen LogP contribution in [0.1, 0.15) is 18.6 Å². The smallest absolute Gasteiger partial charge is 0.0762 e. The summed E-state index contributed by atoms with van der Waals surface area (Å²) >= 11 is 6.44. The summed E-state index contributed by atoms with van der Waals surface area (Å²) in [6.45, 7) is 3.59. The highest BCUT2D eigenvalue weighted by molar-refractivity contribution is 6.33. The van der Waals surface area contributed by atoms with E-state index in [-0.39, 0.29) is 0 Å². The molecule has 3 rings (SSSR count). The molecule has 0 bridgehead atoms. The van der Waals surface area contributed by atoms with Crippen molar-refractivity contribution in [2.24, 2.45) is 0 Å². The first-order chi connectivity index (χ1) is 10.1. The summed E-state index contributed by atoms with van der Waals surface area (Å²) in [6.07, 6.45) is -0.503. The Balaban J connectivity index is 2.04. The molecule has 1 N–H and O–H groups in total. The van der Waals surface area contributed by atoms with Crippen LogP contribution in [0.4, 0.5) is 17.1 Å². The molecule has 1 aliphatic heterocycles. The van der Waals surface area contributed by atoms with Crippen molar-refractivity contribution in [1.29, 1.82) is 0 Å². The maximum atomic E-state index is 9.66. The maximum absolute atomic E-state index is 9.66. The fraction of sp³-hybridized carbons (Fsp3) is 0.294. The van der Waals surface area contributed by atoms with Crippen LogP contribution in [0.15, 0.2) is 42.5 Å². The number of aliphatic hydroxyl groups is 1. The molecule has 1 atom stereocenters. The second kappa shape index (κ2) is 5.58. The monoisotopic (exact) mass is 302 g/mol. The highest BCUT2D eigenvalue weighted by Crippen LogP contribution is 2.40. The van der Waals surface area contributed by atoms with Gasteiger partial charge in [-0.1, -0.05) is 29.8 Å². The standard InChI is InChI=1S/C17H19ClN2O/c1-12(21)13-7-8-15(14(18)11-13)20-10-9-19(2)16-5-3-4-6-17(16)20/h3-8,11-12,21H,9-10H2,1-2H3/t12-/m1/s1. The minimum Gasteiger partial charge on any atom is -0.389 e. The van der Waals surface area contributed by atoms with Crippen LogP contribution in [0.2, 0.25) is 5.02 Å². The fourth-order valence-electron chi connectivity index (χ4n) is 2.76. The molecule has 4 heteroatoms. The summed E-state index contributed by atoms with van der Waals surface area (Å²) in [7, 11) is 2.11. The first kappa shape index (κ1) is 14.2. The molecule has 0 fully saturated rings. The number of hydrogen-bond acceptors (Lipinski definition) is 3. The average Bonchev–Trinajstić information content (AvgIpc) is 2.48. The molecule has 0 aromatic heterocycles. The number of hydrogen-bond donors (Lipinski definition) is 1. The lowest BCUT2D eigenvalue weighted by Crippen LogP contribution is -2.36. The largest absolute Gasteiger partial charge is 0.389 e. The van der Waals surface area contributed by atoms with Crippen LogP contribution in [-0.4, -0.2) is 25.2 Å². The van der Waals surface area contributed by atoms with Crippen LogP contribution >= 0.6 is 11.6 Å². The Morgan fingerprint density at radius 2 is 1.76 bits per heavy atom. The third kappa shape index (κ3) is 2.59. The fourth-order valence-corrected chi connectivity index (χ4v) is 3.05. The molecule has 110 valence electrons. The molecule has 2 aromatic carbocycles. The van der Waals surface area contributed by atoms with Gasteiger partial charge in [0.15, 0.2) is 0 Å².